The highest BCUT2D eigenvalue weighted by atomic mass is 32.2. The average Bonchev–Trinajstić information content (AvgIpc) is 3.18. The van der Waals surface area contributed by atoms with Gasteiger partial charge in [0.1, 0.15) is 5.76 Å². The van der Waals surface area contributed by atoms with Crippen LogP contribution in [0.5, 0.6) is 0 Å². The van der Waals surface area contributed by atoms with Crippen molar-refractivity contribution in [3.8, 4) is 0 Å². The van der Waals surface area contributed by atoms with Gasteiger partial charge in [0.15, 0.2) is 6.61 Å². The maximum Gasteiger partial charge on any atom is 0.341 e. The molecule has 28 heavy (non-hydrogen) atoms. The molecule has 0 radical (unpaired) electrons. The van der Waals surface area contributed by atoms with Crippen LogP contribution in [0.1, 0.15) is 16.1 Å². The van der Waals surface area contributed by atoms with E-state index in [0.29, 0.717) is 5.76 Å². The molecule has 12 heteroatoms. The number of halogens is 2. The third-order valence-electron chi connectivity index (χ3n) is 3.24. The van der Waals surface area contributed by atoms with Crippen LogP contribution in [0.15, 0.2) is 52.0 Å². The summed E-state index contributed by atoms with van der Waals surface area (Å²) in [6.45, 7) is -0.746. The van der Waals surface area contributed by atoms with Crippen LogP contribution in [0.3, 0.4) is 0 Å². The summed E-state index contributed by atoms with van der Waals surface area (Å²) in [4.78, 5) is 34.2. The average molecular weight is 416 g/mol. The number of alkyl halides is 2. The molecule has 1 heterocycles. The number of carbonyl (C=O) groups excluding carboxylic acids is 3. The second-order valence-corrected chi connectivity index (χ2v) is 7.13. The molecule has 3 amide bonds. The lowest BCUT2D eigenvalue weighted by molar-refractivity contribution is -0.123. The SMILES string of the molecule is O=C(COC(=O)c1ccc(S(=O)(=O)C(F)F)cc1)NC(=O)NCc1ccco1. The first kappa shape index (κ1) is 21.0. The Labute approximate surface area is 157 Å². The quantitative estimate of drug-likeness (QED) is 0.653. The number of ether oxygens (including phenoxy) is 1. The fraction of sp³-hybridized carbons (Fsp3) is 0.188. The first-order chi connectivity index (χ1) is 13.2. The van der Waals surface area contributed by atoms with Crippen LogP contribution in [0.4, 0.5) is 13.6 Å². The third-order valence-corrected chi connectivity index (χ3v) is 4.64. The van der Waals surface area contributed by atoms with Gasteiger partial charge < -0.3 is 14.5 Å². The van der Waals surface area contributed by atoms with Crippen molar-refractivity contribution in [1.82, 2.24) is 10.6 Å². The molecule has 0 atom stereocenters. The normalized spacial score (nSPS) is 11.1. The fourth-order valence-electron chi connectivity index (χ4n) is 1.89. The minimum atomic E-state index is -4.78. The predicted octanol–water partition coefficient (Wildman–Crippen LogP) is 1.46. The van der Waals surface area contributed by atoms with Gasteiger partial charge in [-0.2, -0.15) is 8.78 Å². The number of hydrogen-bond donors (Lipinski definition) is 2. The Morgan fingerprint density at radius 2 is 1.79 bits per heavy atom. The number of sulfone groups is 1. The molecule has 0 spiro atoms. The second kappa shape index (κ2) is 9.08. The van der Waals surface area contributed by atoms with E-state index in [1.54, 1.807) is 12.1 Å². The molecular weight excluding hydrogens is 402 g/mol. The number of imide groups is 1. The topological polar surface area (TPSA) is 132 Å². The Bertz CT molecular complexity index is 942. The fourth-order valence-corrected chi connectivity index (χ4v) is 2.61. The Morgan fingerprint density at radius 3 is 2.36 bits per heavy atom. The van der Waals surface area contributed by atoms with E-state index >= 15 is 0 Å². The number of benzene rings is 1. The van der Waals surface area contributed by atoms with Crippen LogP contribution in [-0.4, -0.2) is 38.7 Å². The standard InChI is InChI=1S/C16H14F2N2O7S/c17-15(18)28(24,25)12-5-3-10(4-6-12)14(22)27-9-13(21)20-16(23)19-8-11-2-1-7-26-11/h1-7,15H,8-9H2,(H2,19,20,21,23). The zero-order chi connectivity index (χ0) is 20.7. The third kappa shape index (κ3) is 5.61. The number of carbonyl (C=O) groups is 3. The first-order valence-electron chi connectivity index (χ1n) is 7.59. The van der Waals surface area contributed by atoms with Crippen LogP contribution < -0.4 is 10.6 Å². The van der Waals surface area contributed by atoms with Gasteiger partial charge in [0.2, 0.25) is 9.84 Å². The minimum absolute atomic E-state index is 0.0414. The Hall–Kier alpha value is -3.28. The summed E-state index contributed by atoms with van der Waals surface area (Å²) in [7, 11) is -4.78. The molecule has 0 aliphatic rings. The minimum Gasteiger partial charge on any atom is -0.467 e. The molecule has 0 unspecified atom stereocenters. The summed E-state index contributed by atoms with van der Waals surface area (Å²) in [6, 6.07) is 5.97. The second-order valence-electron chi connectivity index (χ2n) is 5.22. The number of nitrogens with one attached hydrogen (secondary N) is 2. The van der Waals surface area contributed by atoms with E-state index in [1.165, 1.54) is 6.26 Å². The van der Waals surface area contributed by atoms with Crippen LogP contribution in [0.25, 0.3) is 0 Å². The molecule has 0 aliphatic carbocycles. The van der Waals surface area contributed by atoms with Gasteiger partial charge in [-0.3, -0.25) is 10.1 Å². The molecule has 0 bridgehead atoms. The molecule has 1 aromatic heterocycles. The number of amides is 3. The monoisotopic (exact) mass is 416 g/mol. The molecule has 2 N–H and O–H groups in total. The van der Waals surface area contributed by atoms with E-state index in [4.69, 9.17) is 4.42 Å². The Kier molecular flexibility index (Phi) is 6.82. The summed E-state index contributed by atoms with van der Waals surface area (Å²) >= 11 is 0. The number of furan rings is 1. The van der Waals surface area contributed by atoms with Crippen molar-refractivity contribution in [2.75, 3.05) is 6.61 Å². The lowest BCUT2D eigenvalue weighted by Gasteiger charge is -2.07. The molecule has 0 aliphatic heterocycles. The van der Waals surface area contributed by atoms with Gasteiger partial charge in [-0.05, 0) is 36.4 Å². The number of rotatable bonds is 7. The van der Waals surface area contributed by atoms with Crippen LogP contribution in [-0.2, 0) is 25.9 Å². The maximum atomic E-state index is 12.4. The highest BCUT2D eigenvalue weighted by molar-refractivity contribution is 7.91. The highest BCUT2D eigenvalue weighted by Crippen LogP contribution is 2.18. The van der Waals surface area contributed by atoms with Crippen molar-refractivity contribution in [1.29, 1.82) is 0 Å². The largest absolute Gasteiger partial charge is 0.467 e. The Balaban J connectivity index is 1.81. The van der Waals surface area contributed by atoms with E-state index in [1.807, 2.05) is 5.32 Å². The van der Waals surface area contributed by atoms with Crippen molar-refractivity contribution < 1.29 is 40.7 Å². The summed E-state index contributed by atoms with van der Waals surface area (Å²) in [5.74, 6) is -5.05. The maximum absolute atomic E-state index is 12.4. The van der Waals surface area contributed by atoms with E-state index < -0.39 is 45.0 Å². The van der Waals surface area contributed by atoms with E-state index in [-0.39, 0.29) is 12.1 Å². The summed E-state index contributed by atoms with van der Waals surface area (Å²) in [5, 5.41) is 4.26. The molecule has 0 fully saturated rings. The van der Waals surface area contributed by atoms with E-state index in [9.17, 15) is 31.6 Å². The van der Waals surface area contributed by atoms with Gasteiger partial charge in [0, 0.05) is 0 Å². The van der Waals surface area contributed by atoms with Crippen molar-refractivity contribution in [2.45, 2.75) is 17.2 Å². The molecule has 150 valence electrons. The van der Waals surface area contributed by atoms with Crippen molar-refractivity contribution in [3.63, 3.8) is 0 Å². The van der Waals surface area contributed by atoms with Gasteiger partial charge in [-0.1, -0.05) is 0 Å². The van der Waals surface area contributed by atoms with Crippen molar-refractivity contribution in [2.24, 2.45) is 0 Å². The molecule has 2 rings (SSSR count). The van der Waals surface area contributed by atoms with Crippen LogP contribution in [0.2, 0.25) is 0 Å². The van der Waals surface area contributed by atoms with Crippen LogP contribution in [0, 0.1) is 0 Å². The lowest BCUT2D eigenvalue weighted by atomic mass is 10.2. The summed E-state index contributed by atoms with van der Waals surface area (Å²) < 4.78 is 57.1. The summed E-state index contributed by atoms with van der Waals surface area (Å²) in [5.41, 5.74) is -0.164. The van der Waals surface area contributed by atoms with Crippen molar-refractivity contribution in [3.05, 3.63) is 54.0 Å². The molecule has 9 nitrogen and oxygen atoms in total. The number of esters is 1. The summed E-state index contributed by atoms with van der Waals surface area (Å²) in [6.07, 6.45) is 1.41. The van der Waals surface area contributed by atoms with Gasteiger partial charge in [0.05, 0.1) is 23.3 Å². The predicted molar refractivity (Wildman–Crippen MR) is 89.0 cm³/mol. The van der Waals surface area contributed by atoms with Crippen LogP contribution >= 0.6 is 0 Å². The lowest BCUT2D eigenvalue weighted by Crippen LogP contribution is -2.41. The molecule has 0 saturated carbocycles. The molecular formula is C16H14F2N2O7S. The van der Waals surface area contributed by atoms with E-state index in [2.05, 4.69) is 10.1 Å². The van der Waals surface area contributed by atoms with Crippen molar-refractivity contribution >= 4 is 27.7 Å². The van der Waals surface area contributed by atoms with Gasteiger partial charge >= 0.3 is 17.8 Å². The number of urea groups is 1. The number of hydrogen-bond acceptors (Lipinski definition) is 7. The first-order valence-corrected chi connectivity index (χ1v) is 9.14. The molecule has 0 saturated heterocycles. The van der Waals surface area contributed by atoms with Gasteiger partial charge in [-0.15, -0.1) is 0 Å². The zero-order valence-corrected chi connectivity index (χ0v) is 14.9. The smallest absolute Gasteiger partial charge is 0.341 e. The van der Waals surface area contributed by atoms with Gasteiger partial charge in [0.25, 0.3) is 5.91 Å². The van der Waals surface area contributed by atoms with E-state index in [0.717, 1.165) is 24.3 Å². The molecule has 2 aromatic rings. The van der Waals surface area contributed by atoms with Gasteiger partial charge in [-0.25, -0.2) is 18.0 Å². The Morgan fingerprint density at radius 1 is 1.11 bits per heavy atom. The molecule has 1 aromatic carbocycles. The highest BCUT2D eigenvalue weighted by Gasteiger charge is 2.26. The zero-order valence-electron chi connectivity index (χ0n) is 14.1.